The van der Waals surface area contributed by atoms with E-state index in [9.17, 15) is 4.79 Å². The zero-order valence-corrected chi connectivity index (χ0v) is 11.4. The fourth-order valence-electron chi connectivity index (χ4n) is 2.48. The summed E-state index contributed by atoms with van der Waals surface area (Å²) >= 11 is 0. The van der Waals surface area contributed by atoms with Crippen LogP contribution in [0.5, 0.6) is 0 Å². The highest BCUT2D eigenvalue weighted by molar-refractivity contribution is 5.90. The Hall–Kier alpha value is -1.43. The highest BCUT2D eigenvalue weighted by Crippen LogP contribution is 2.34. The second kappa shape index (κ2) is 5.28. The van der Waals surface area contributed by atoms with Crippen LogP contribution >= 0.6 is 0 Å². The van der Waals surface area contributed by atoms with Gasteiger partial charge in [0.25, 0.3) is 0 Å². The SMILES string of the molecule is CCN(CC(=O)Nc1n[nH]c(C2CCC2)n1)C1CC1. The predicted molar refractivity (Wildman–Crippen MR) is 71.9 cm³/mol. The van der Waals surface area contributed by atoms with Gasteiger partial charge in [0.2, 0.25) is 11.9 Å². The molecule has 0 bridgehead atoms. The summed E-state index contributed by atoms with van der Waals surface area (Å²) in [6.07, 6.45) is 6.04. The zero-order chi connectivity index (χ0) is 13.2. The van der Waals surface area contributed by atoms with Gasteiger partial charge in [-0.25, -0.2) is 0 Å². The molecule has 1 aromatic rings. The lowest BCUT2D eigenvalue weighted by molar-refractivity contribution is -0.117. The summed E-state index contributed by atoms with van der Waals surface area (Å²) in [7, 11) is 0. The Kier molecular flexibility index (Phi) is 3.50. The standard InChI is InChI=1S/C13H21N5O/c1-2-18(10-6-7-10)8-11(19)14-13-15-12(16-17-13)9-4-3-5-9/h9-10H,2-8H2,1H3,(H2,14,15,16,17,19). The lowest BCUT2D eigenvalue weighted by Gasteiger charge is -2.22. The lowest BCUT2D eigenvalue weighted by Crippen LogP contribution is -2.34. The second-order valence-corrected chi connectivity index (χ2v) is 5.51. The largest absolute Gasteiger partial charge is 0.292 e. The van der Waals surface area contributed by atoms with Gasteiger partial charge in [0.05, 0.1) is 6.54 Å². The summed E-state index contributed by atoms with van der Waals surface area (Å²) in [5.74, 6) is 1.82. The summed E-state index contributed by atoms with van der Waals surface area (Å²) in [6, 6.07) is 0.605. The number of H-pyrrole nitrogens is 1. The molecule has 2 fully saturated rings. The molecule has 2 saturated carbocycles. The number of rotatable bonds is 6. The van der Waals surface area contributed by atoms with Crippen molar-refractivity contribution in [2.45, 2.75) is 51.0 Å². The summed E-state index contributed by atoms with van der Waals surface area (Å²) < 4.78 is 0. The van der Waals surface area contributed by atoms with Gasteiger partial charge in [-0.2, -0.15) is 4.98 Å². The van der Waals surface area contributed by atoms with Crippen molar-refractivity contribution in [3.63, 3.8) is 0 Å². The van der Waals surface area contributed by atoms with E-state index in [2.05, 4.69) is 32.3 Å². The van der Waals surface area contributed by atoms with Crippen molar-refractivity contribution in [1.82, 2.24) is 20.1 Å². The minimum atomic E-state index is -0.0205. The maximum Gasteiger partial charge on any atom is 0.248 e. The Morgan fingerprint density at radius 3 is 2.79 bits per heavy atom. The van der Waals surface area contributed by atoms with Crippen LogP contribution in [-0.2, 0) is 4.79 Å². The number of anilines is 1. The molecule has 6 nitrogen and oxygen atoms in total. The summed E-state index contributed by atoms with van der Waals surface area (Å²) in [6.45, 7) is 3.45. The number of nitrogens with one attached hydrogen (secondary N) is 2. The third kappa shape index (κ3) is 2.94. The fourth-order valence-corrected chi connectivity index (χ4v) is 2.48. The topological polar surface area (TPSA) is 73.9 Å². The van der Waals surface area contributed by atoms with E-state index in [1.165, 1.54) is 32.1 Å². The van der Waals surface area contributed by atoms with E-state index >= 15 is 0 Å². The number of hydrogen-bond donors (Lipinski definition) is 2. The lowest BCUT2D eigenvalue weighted by atomic mass is 9.85. The molecule has 2 aliphatic carbocycles. The van der Waals surface area contributed by atoms with Crippen LogP contribution in [0.25, 0.3) is 0 Å². The second-order valence-electron chi connectivity index (χ2n) is 5.51. The van der Waals surface area contributed by atoms with Crippen LogP contribution < -0.4 is 5.32 Å². The quantitative estimate of drug-likeness (QED) is 0.815. The van der Waals surface area contributed by atoms with Crippen molar-refractivity contribution in [2.24, 2.45) is 0 Å². The van der Waals surface area contributed by atoms with Crippen LogP contribution in [-0.4, -0.2) is 45.1 Å². The first kappa shape index (κ1) is 12.6. The number of hydrogen-bond acceptors (Lipinski definition) is 4. The van der Waals surface area contributed by atoms with Crippen molar-refractivity contribution in [2.75, 3.05) is 18.4 Å². The predicted octanol–water partition coefficient (Wildman–Crippen LogP) is 1.49. The van der Waals surface area contributed by atoms with E-state index in [0.717, 1.165) is 12.4 Å². The van der Waals surface area contributed by atoms with E-state index in [-0.39, 0.29) is 5.91 Å². The molecule has 0 spiro atoms. The molecule has 6 heteroatoms. The van der Waals surface area contributed by atoms with Crippen molar-refractivity contribution in [3.8, 4) is 0 Å². The van der Waals surface area contributed by atoms with Crippen molar-refractivity contribution < 1.29 is 4.79 Å². The minimum Gasteiger partial charge on any atom is -0.292 e. The average Bonchev–Trinajstić information content (AvgIpc) is 3.07. The molecule has 0 saturated heterocycles. The Morgan fingerprint density at radius 2 is 2.21 bits per heavy atom. The molecule has 19 heavy (non-hydrogen) atoms. The third-order valence-electron chi connectivity index (χ3n) is 4.06. The number of carbonyl (C=O) groups excluding carboxylic acids is 1. The molecule has 104 valence electrons. The first-order valence-corrected chi connectivity index (χ1v) is 7.22. The number of likely N-dealkylation sites (N-methyl/N-ethyl adjacent to an activating group) is 1. The first-order valence-electron chi connectivity index (χ1n) is 7.22. The van der Waals surface area contributed by atoms with Crippen LogP contribution in [0.4, 0.5) is 5.95 Å². The van der Waals surface area contributed by atoms with Gasteiger partial charge in [-0.15, -0.1) is 5.10 Å². The van der Waals surface area contributed by atoms with Crippen LogP contribution in [0, 0.1) is 0 Å². The molecule has 0 radical (unpaired) electrons. The van der Waals surface area contributed by atoms with E-state index in [4.69, 9.17) is 0 Å². The first-order chi connectivity index (χ1) is 9.26. The van der Waals surface area contributed by atoms with Gasteiger partial charge in [0.15, 0.2) is 0 Å². The number of nitrogens with zero attached hydrogens (tertiary/aromatic N) is 3. The highest BCUT2D eigenvalue weighted by Gasteiger charge is 2.29. The molecule has 1 amide bonds. The van der Waals surface area contributed by atoms with E-state index < -0.39 is 0 Å². The molecule has 0 aliphatic heterocycles. The van der Waals surface area contributed by atoms with E-state index in [1.54, 1.807) is 0 Å². The number of carbonyl (C=O) groups is 1. The molecule has 0 unspecified atom stereocenters. The van der Waals surface area contributed by atoms with Gasteiger partial charge in [-0.05, 0) is 32.2 Å². The molecule has 1 aromatic heterocycles. The van der Waals surface area contributed by atoms with Crippen molar-refractivity contribution in [1.29, 1.82) is 0 Å². The molecule has 1 heterocycles. The highest BCUT2D eigenvalue weighted by atomic mass is 16.2. The smallest absolute Gasteiger partial charge is 0.248 e. The van der Waals surface area contributed by atoms with Gasteiger partial charge >= 0.3 is 0 Å². The van der Waals surface area contributed by atoms with Gasteiger partial charge in [-0.3, -0.25) is 20.1 Å². The molecule has 2 N–H and O–H groups in total. The van der Waals surface area contributed by atoms with E-state index in [1.807, 2.05) is 0 Å². The zero-order valence-electron chi connectivity index (χ0n) is 11.4. The third-order valence-corrected chi connectivity index (χ3v) is 4.06. The van der Waals surface area contributed by atoms with Crippen molar-refractivity contribution in [3.05, 3.63) is 5.82 Å². The Morgan fingerprint density at radius 1 is 1.42 bits per heavy atom. The Labute approximate surface area is 113 Å². The van der Waals surface area contributed by atoms with E-state index in [0.29, 0.717) is 24.5 Å². The molecule has 0 aromatic carbocycles. The van der Waals surface area contributed by atoms with Crippen LogP contribution in [0.2, 0.25) is 0 Å². The Bertz CT molecular complexity index is 450. The maximum atomic E-state index is 11.9. The number of aromatic nitrogens is 3. The molecule has 0 atom stereocenters. The molecule has 3 rings (SSSR count). The monoisotopic (exact) mass is 263 g/mol. The molecular formula is C13H21N5O. The van der Waals surface area contributed by atoms with Gasteiger partial charge in [0.1, 0.15) is 5.82 Å². The normalized spacial score (nSPS) is 19.5. The van der Waals surface area contributed by atoms with Gasteiger partial charge in [0, 0.05) is 12.0 Å². The van der Waals surface area contributed by atoms with Gasteiger partial charge in [-0.1, -0.05) is 13.3 Å². The van der Waals surface area contributed by atoms with Gasteiger partial charge < -0.3 is 0 Å². The summed E-state index contributed by atoms with van der Waals surface area (Å²) in [4.78, 5) is 18.5. The Balaban J connectivity index is 1.52. The molecular weight excluding hydrogens is 242 g/mol. The molecule has 2 aliphatic rings. The van der Waals surface area contributed by atoms with Crippen LogP contribution in [0.15, 0.2) is 0 Å². The maximum absolute atomic E-state index is 11.9. The van der Waals surface area contributed by atoms with Crippen LogP contribution in [0.3, 0.4) is 0 Å². The van der Waals surface area contributed by atoms with Crippen LogP contribution in [0.1, 0.15) is 50.8 Å². The summed E-state index contributed by atoms with van der Waals surface area (Å²) in [5, 5.41) is 9.77. The van der Waals surface area contributed by atoms with Crippen molar-refractivity contribution >= 4 is 11.9 Å². The fraction of sp³-hybridized carbons (Fsp3) is 0.769. The minimum absolute atomic E-state index is 0.0205. The summed E-state index contributed by atoms with van der Waals surface area (Å²) in [5.41, 5.74) is 0. The average molecular weight is 263 g/mol. The number of amides is 1. The number of aromatic amines is 1.